The molecule has 3 unspecified atom stereocenters. The Morgan fingerprint density at radius 1 is 1.33 bits per heavy atom. The zero-order valence-electron chi connectivity index (χ0n) is 10.4. The zero-order valence-corrected chi connectivity index (χ0v) is 10.4. The van der Waals surface area contributed by atoms with Crippen molar-refractivity contribution in [1.82, 2.24) is 0 Å². The summed E-state index contributed by atoms with van der Waals surface area (Å²) < 4.78 is 0. The van der Waals surface area contributed by atoms with Crippen LogP contribution in [0.2, 0.25) is 0 Å². The molecule has 0 N–H and O–H groups in total. The second-order valence-corrected chi connectivity index (χ2v) is 5.83. The van der Waals surface area contributed by atoms with Crippen molar-refractivity contribution in [2.24, 2.45) is 23.7 Å². The molecule has 0 nitrogen and oxygen atoms in total. The Morgan fingerprint density at radius 2 is 2.07 bits per heavy atom. The highest BCUT2D eigenvalue weighted by Crippen LogP contribution is 2.46. The lowest BCUT2D eigenvalue weighted by atomic mass is 9.80. The van der Waals surface area contributed by atoms with Gasteiger partial charge in [0, 0.05) is 0 Å². The first-order chi connectivity index (χ1) is 7.09. The SMILES string of the molecule is C=C1CCC(C(C)C)CC2C(C)=CCC12. The lowest BCUT2D eigenvalue weighted by molar-refractivity contribution is 0.300. The molecule has 3 atom stereocenters. The molecule has 0 aromatic heterocycles. The Kier molecular flexibility index (Phi) is 3.04. The average Bonchev–Trinajstić information content (AvgIpc) is 2.43. The van der Waals surface area contributed by atoms with Crippen molar-refractivity contribution >= 4 is 0 Å². The maximum absolute atomic E-state index is 4.31. The molecule has 0 spiro atoms. The van der Waals surface area contributed by atoms with Gasteiger partial charge in [-0.1, -0.05) is 37.6 Å². The average molecular weight is 204 g/mol. The van der Waals surface area contributed by atoms with Gasteiger partial charge in [0.1, 0.15) is 0 Å². The summed E-state index contributed by atoms with van der Waals surface area (Å²) in [6.45, 7) is 11.4. The number of allylic oxidation sites excluding steroid dienone is 3. The molecule has 2 aliphatic rings. The van der Waals surface area contributed by atoms with Gasteiger partial charge in [-0.15, -0.1) is 0 Å². The van der Waals surface area contributed by atoms with Gasteiger partial charge >= 0.3 is 0 Å². The predicted molar refractivity (Wildman–Crippen MR) is 66.7 cm³/mol. The highest BCUT2D eigenvalue weighted by Gasteiger charge is 2.34. The molecule has 0 amide bonds. The first kappa shape index (κ1) is 11.0. The van der Waals surface area contributed by atoms with Crippen LogP contribution in [0.4, 0.5) is 0 Å². The van der Waals surface area contributed by atoms with Crippen molar-refractivity contribution in [1.29, 1.82) is 0 Å². The molecular formula is C15H24. The number of rotatable bonds is 1. The van der Waals surface area contributed by atoms with Crippen molar-refractivity contribution < 1.29 is 0 Å². The van der Waals surface area contributed by atoms with Crippen LogP contribution in [0, 0.1) is 23.7 Å². The Hall–Kier alpha value is -0.520. The molecule has 0 aromatic rings. The molecule has 0 bridgehead atoms. The van der Waals surface area contributed by atoms with Crippen molar-refractivity contribution in [2.45, 2.75) is 46.5 Å². The quantitative estimate of drug-likeness (QED) is 0.548. The lowest BCUT2D eigenvalue weighted by Gasteiger charge is -2.24. The van der Waals surface area contributed by atoms with E-state index < -0.39 is 0 Å². The third-order valence-electron chi connectivity index (χ3n) is 4.62. The standard InChI is InChI=1S/C15H24/c1-10(2)13-7-5-11(3)14-8-6-12(4)15(14)9-13/h6,10,13-15H,3,5,7-9H2,1-2,4H3. The van der Waals surface area contributed by atoms with E-state index in [9.17, 15) is 0 Å². The first-order valence-corrected chi connectivity index (χ1v) is 6.44. The second kappa shape index (κ2) is 4.15. The van der Waals surface area contributed by atoms with E-state index in [1.54, 1.807) is 5.57 Å². The lowest BCUT2D eigenvalue weighted by Crippen LogP contribution is -2.15. The van der Waals surface area contributed by atoms with E-state index in [0.717, 1.165) is 23.7 Å². The summed E-state index contributed by atoms with van der Waals surface area (Å²) in [5.74, 6) is 3.37. The minimum absolute atomic E-state index is 0.786. The highest BCUT2D eigenvalue weighted by atomic mass is 14.4. The van der Waals surface area contributed by atoms with Crippen LogP contribution in [0.15, 0.2) is 23.8 Å². The third kappa shape index (κ3) is 2.04. The van der Waals surface area contributed by atoms with Crippen LogP contribution < -0.4 is 0 Å². The van der Waals surface area contributed by atoms with Crippen LogP contribution in [0.3, 0.4) is 0 Å². The van der Waals surface area contributed by atoms with Gasteiger partial charge in [-0.2, -0.15) is 0 Å². The van der Waals surface area contributed by atoms with Crippen LogP contribution in [-0.2, 0) is 0 Å². The Morgan fingerprint density at radius 3 is 2.73 bits per heavy atom. The number of hydrogen-bond acceptors (Lipinski definition) is 0. The highest BCUT2D eigenvalue weighted by molar-refractivity contribution is 5.22. The van der Waals surface area contributed by atoms with Gasteiger partial charge < -0.3 is 0 Å². The zero-order chi connectivity index (χ0) is 11.0. The molecule has 84 valence electrons. The van der Waals surface area contributed by atoms with Crippen molar-refractivity contribution in [3.05, 3.63) is 23.8 Å². The molecule has 0 saturated heterocycles. The fraction of sp³-hybridized carbons (Fsp3) is 0.733. The van der Waals surface area contributed by atoms with Crippen molar-refractivity contribution in [3.8, 4) is 0 Å². The maximum atomic E-state index is 4.31. The normalized spacial score (nSPS) is 36.4. The minimum Gasteiger partial charge on any atom is -0.0995 e. The summed E-state index contributed by atoms with van der Waals surface area (Å²) in [5.41, 5.74) is 3.16. The molecule has 0 aromatic carbocycles. The van der Waals surface area contributed by atoms with Crippen molar-refractivity contribution in [3.63, 3.8) is 0 Å². The molecule has 2 aliphatic carbocycles. The molecular weight excluding hydrogens is 180 g/mol. The molecule has 0 heterocycles. The van der Waals surface area contributed by atoms with Crippen molar-refractivity contribution in [2.75, 3.05) is 0 Å². The molecule has 1 saturated carbocycles. The topological polar surface area (TPSA) is 0 Å². The van der Waals surface area contributed by atoms with Gasteiger partial charge in [0.25, 0.3) is 0 Å². The summed E-state index contributed by atoms with van der Waals surface area (Å²) in [6.07, 6.45) is 7.76. The summed E-state index contributed by atoms with van der Waals surface area (Å²) >= 11 is 0. The number of hydrogen-bond donors (Lipinski definition) is 0. The maximum Gasteiger partial charge on any atom is -0.0106 e. The molecule has 0 radical (unpaired) electrons. The van der Waals surface area contributed by atoms with E-state index in [0.29, 0.717) is 0 Å². The Labute approximate surface area is 94.5 Å². The third-order valence-corrected chi connectivity index (χ3v) is 4.62. The summed E-state index contributed by atoms with van der Waals surface area (Å²) in [6, 6.07) is 0. The van der Waals surface area contributed by atoms with Crippen LogP contribution in [0.25, 0.3) is 0 Å². The van der Waals surface area contributed by atoms with E-state index in [1.165, 1.54) is 31.3 Å². The van der Waals surface area contributed by atoms with Gasteiger partial charge in [0.05, 0.1) is 0 Å². The largest absolute Gasteiger partial charge is 0.0995 e. The summed E-state index contributed by atoms with van der Waals surface area (Å²) in [7, 11) is 0. The van der Waals surface area contributed by atoms with E-state index in [1.807, 2.05) is 0 Å². The van der Waals surface area contributed by atoms with Crippen LogP contribution in [-0.4, -0.2) is 0 Å². The summed E-state index contributed by atoms with van der Waals surface area (Å²) in [4.78, 5) is 0. The monoisotopic (exact) mass is 204 g/mol. The second-order valence-electron chi connectivity index (χ2n) is 5.83. The Balaban J connectivity index is 2.16. The minimum atomic E-state index is 0.786. The number of fused-ring (bicyclic) bond motifs is 1. The molecule has 2 rings (SSSR count). The van der Waals surface area contributed by atoms with Gasteiger partial charge in [0.15, 0.2) is 0 Å². The van der Waals surface area contributed by atoms with E-state index >= 15 is 0 Å². The molecule has 15 heavy (non-hydrogen) atoms. The summed E-state index contributed by atoms with van der Waals surface area (Å²) in [5, 5.41) is 0. The molecule has 0 heteroatoms. The van der Waals surface area contributed by atoms with Gasteiger partial charge in [-0.05, 0) is 56.3 Å². The van der Waals surface area contributed by atoms with Gasteiger partial charge in [-0.25, -0.2) is 0 Å². The van der Waals surface area contributed by atoms with Gasteiger partial charge in [-0.3, -0.25) is 0 Å². The predicted octanol–water partition coefficient (Wildman–Crippen LogP) is 4.58. The first-order valence-electron chi connectivity index (χ1n) is 6.44. The fourth-order valence-corrected chi connectivity index (χ4v) is 3.35. The molecule has 1 fully saturated rings. The van der Waals surface area contributed by atoms with Crippen LogP contribution in [0.1, 0.15) is 46.5 Å². The molecule has 0 aliphatic heterocycles. The van der Waals surface area contributed by atoms with E-state index in [2.05, 4.69) is 33.4 Å². The van der Waals surface area contributed by atoms with E-state index in [4.69, 9.17) is 0 Å². The Bertz CT molecular complexity index is 282. The van der Waals surface area contributed by atoms with Crippen LogP contribution >= 0.6 is 0 Å². The van der Waals surface area contributed by atoms with Gasteiger partial charge in [0.2, 0.25) is 0 Å². The van der Waals surface area contributed by atoms with E-state index in [-0.39, 0.29) is 0 Å². The van der Waals surface area contributed by atoms with Crippen LogP contribution in [0.5, 0.6) is 0 Å². The smallest absolute Gasteiger partial charge is 0.0106 e. The fourth-order valence-electron chi connectivity index (χ4n) is 3.35.